The SMILES string of the molecule is CCn1nc(C)cc1-c1nnc(-c2cc(C(N)=O)cc3c2cnn3CC2C[C@H]3CC[C@@H](C2)N3)[nH]1. The number of aryl methyl sites for hydroxylation is 2. The van der Waals surface area contributed by atoms with Crippen LogP contribution < -0.4 is 11.1 Å². The zero-order chi connectivity index (χ0) is 23.4. The Kier molecular flexibility index (Phi) is 4.98. The van der Waals surface area contributed by atoms with E-state index in [9.17, 15) is 4.79 Å². The summed E-state index contributed by atoms with van der Waals surface area (Å²) in [6.45, 7) is 5.55. The number of H-pyrrole nitrogens is 1. The zero-order valence-corrected chi connectivity index (χ0v) is 19.5. The Labute approximate surface area is 196 Å². The number of nitrogens with two attached hydrogens (primary N) is 1. The summed E-state index contributed by atoms with van der Waals surface area (Å²) in [5.41, 5.74) is 9.58. The second kappa shape index (κ2) is 8.05. The lowest BCUT2D eigenvalue weighted by Gasteiger charge is -2.29. The molecule has 2 bridgehead atoms. The Morgan fingerprint density at radius 1 is 1.12 bits per heavy atom. The number of aromatic amines is 1. The van der Waals surface area contributed by atoms with Crippen LogP contribution in [0.1, 0.15) is 48.7 Å². The number of piperidine rings is 1. The summed E-state index contributed by atoms with van der Waals surface area (Å²) < 4.78 is 3.91. The van der Waals surface area contributed by atoms with Crippen LogP contribution in [0.25, 0.3) is 33.8 Å². The van der Waals surface area contributed by atoms with Crippen molar-refractivity contribution < 1.29 is 4.79 Å². The molecule has 1 aromatic carbocycles. The van der Waals surface area contributed by atoms with Crippen molar-refractivity contribution in [1.82, 2.24) is 40.1 Å². The van der Waals surface area contributed by atoms with Crippen LogP contribution in [0.4, 0.5) is 0 Å². The molecular formula is C24H29N9O. The molecule has 0 spiro atoms. The van der Waals surface area contributed by atoms with E-state index in [1.54, 1.807) is 6.07 Å². The first kappa shape index (κ1) is 21.0. The molecule has 2 saturated heterocycles. The molecule has 1 unspecified atom stereocenters. The summed E-state index contributed by atoms with van der Waals surface area (Å²) in [7, 11) is 0. The lowest BCUT2D eigenvalue weighted by molar-refractivity contribution is 0.100. The number of hydrogen-bond acceptors (Lipinski definition) is 6. The van der Waals surface area contributed by atoms with Crippen LogP contribution in [0, 0.1) is 12.8 Å². The normalized spacial score (nSPS) is 22.0. The molecule has 2 aliphatic heterocycles. The van der Waals surface area contributed by atoms with Crippen LogP contribution >= 0.6 is 0 Å². The molecule has 0 saturated carbocycles. The molecule has 176 valence electrons. The maximum Gasteiger partial charge on any atom is 0.248 e. The highest BCUT2D eigenvalue weighted by molar-refractivity contribution is 6.02. The molecule has 1 amide bonds. The van der Waals surface area contributed by atoms with Crippen molar-refractivity contribution in [1.29, 1.82) is 0 Å². The minimum absolute atomic E-state index is 0.432. The van der Waals surface area contributed by atoms with Gasteiger partial charge in [0.15, 0.2) is 11.6 Å². The van der Waals surface area contributed by atoms with E-state index in [0.717, 1.165) is 53.8 Å². The van der Waals surface area contributed by atoms with Crippen molar-refractivity contribution in [2.75, 3.05) is 0 Å². The number of hydrogen-bond donors (Lipinski definition) is 3. The Balaban J connectivity index is 1.39. The maximum atomic E-state index is 12.2. The van der Waals surface area contributed by atoms with E-state index < -0.39 is 5.91 Å². The van der Waals surface area contributed by atoms with Gasteiger partial charge in [0.2, 0.25) is 5.91 Å². The van der Waals surface area contributed by atoms with Crippen molar-refractivity contribution >= 4 is 16.8 Å². The molecule has 10 nitrogen and oxygen atoms in total. The standard InChI is InChI=1S/C24H29N9O/c1-3-32-21(6-13(2)31-32)24-28-23(29-30-24)18-9-15(22(25)34)10-20-19(18)11-26-33(20)12-14-7-16-4-5-17(8-14)27-16/h6,9-11,14,16-17,27H,3-5,7-8,12H2,1-2H3,(H2,25,34)(H,28,29,30)/t14?,16-,17+. The number of benzene rings is 1. The van der Waals surface area contributed by atoms with Gasteiger partial charge in [-0.2, -0.15) is 10.2 Å². The number of amides is 1. The van der Waals surface area contributed by atoms with Gasteiger partial charge >= 0.3 is 0 Å². The molecule has 34 heavy (non-hydrogen) atoms. The van der Waals surface area contributed by atoms with Crippen LogP contribution in [0.3, 0.4) is 0 Å². The summed E-state index contributed by atoms with van der Waals surface area (Å²) in [6, 6.07) is 6.84. The molecular weight excluding hydrogens is 430 g/mol. The lowest BCUT2D eigenvalue weighted by Crippen LogP contribution is -2.39. The Hall–Kier alpha value is -3.53. The number of aromatic nitrogens is 7. The largest absolute Gasteiger partial charge is 0.366 e. The van der Waals surface area contributed by atoms with Crippen molar-refractivity contribution in [3.8, 4) is 22.9 Å². The summed E-state index contributed by atoms with van der Waals surface area (Å²) in [6.07, 6.45) is 6.71. The number of nitrogens with zero attached hydrogens (tertiary/aromatic N) is 6. The third-order valence-corrected chi connectivity index (χ3v) is 7.24. The van der Waals surface area contributed by atoms with Gasteiger partial charge in [0, 0.05) is 41.7 Å². The average molecular weight is 460 g/mol. The van der Waals surface area contributed by atoms with Crippen LogP contribution in [-0.4, -0.2) is 52.7 Å². The Morgan fingerprint density at radius 2 is 1.88 bits per heavy atom. The highest BCUT2D eigenvalue weighted by Gasteiger charge is 2.33. The minimum Gasteiger partial charge on any atom is -0.366 e. The molecule has 0 aliphatic carbocycles. The molecule has 3 atom stereocenters. The van der Waals surface area contributed by atoms with Crippen LogP contribution in [0.15, 0.2) is 24.4 Å². The molecule has 5 heterocycles. The highest BCUT2D eigenvalue weighted by Crippen LogP contribution is 2.34. The molecule has 10 heteroatoms. The quantitative estimate of drug-likeness (QED) is 0.406. The number of carbonyl (C=O) groups is 1. The summed E-state index contributed by atoms with van der Waals surface area (Å²) >= 11 is 0. The molecule has 2 aliphatic rings. The maximum absolute atomic E-state index is 12.2. The van der Waals surface area contributed by atoms with Crippen molar-refractivity contribution in [3.63, 3.8) is 0 Å². The number of fused-ring (bicyclic) bond motifs is 3. The van der Waals surface area contributed by atoms with Crippen LogP contribution in [-0.2, 0) is 13.1 Å². The van der Waals surface area contributed by atoms with Gasteiger partial charge in [0.25, 0.3) is 0 Å². The molecule has 3 aromatic heterocycles. The van der Waals surface area contributed by atoms with E-state index in [4.69, 9.17) is 10.8 Å². The summed E-state index contributed by atoms with van der Waals surface area (Å²) in [4.78, 5) is 15.5. The van der Waals surface area contributed by atoms with Gasteiger partial charge < -0.3 is 16.0 Å². The number of carbonyl (C=O) groups excluding carboxylic acids is 1. The van der Waals surface area contributed by atoms with Crippen LogP contribution in [0.5, 0.6) is 0 Å². The topological polar surface area (TPSA) is 132 Å². The summed E-state index contributed by atoms with van der Waals surface area (Å²) in [5.74, 6) is 1.30. The molecule has 4 N–H and O–H groups in total. The third-order valence-electron chi connectivity index (χ3n) is 7.24. The number of rotatable bonds is 6. The molecule has 6 rings (SSSR count). The fraction of sp³-hybridized carbons (Fsp3) is 0.458. The number of primary amides is 1. The van der Waals surface area contributed by atoms with E-state index in [1.807, 2.05) is 41.5 Å². The molecule has 0 radical (unpaired) electrons. The molecule has 2 fully saturated rings. The van der Waals surface area contributed by atoms with Gasteiger partial charge in [0.05, 0.1) is 17.4 Å². The van der Waals surface area contributed by atoms with Crippen LogP contribution in [0.2, 0.25) is 0 Å². The van der Waals surface area contributed by atoms with E-state index in [2.05, 4.69) is 25.6 Å². The van der Waals surface area contributed by atoms with Gasteiger partial charge in [-0.05, 0) is 63.6 Å². The van der Waals surface area contributed by atoms with Gasteiger partial charge in [-0.1, -0.05) is 0 Å². The second-order valence-electron chi connectivity index (χ2n) is 9.63. The number of nitrogens with one attached hydrogen (secondary N) is 2. The van der Waals surface area contributed by atoms with E-state index >= 15 is 0 Å². The van der Waals surface area contributed by atoms with Gasteiger partial charge in [-0.15, -0.1) is 10.2 Å². The fourth-order valence-corrected chi connectivity index (χ4v) is 5.71. The second-order valence-corrected chi connectivity index (χ2v) is 9.63. The van der Waals surface area contributed by atoms with Gasteiger partial charge in [-0.3, -0.25) is 14.2 Å². The monoisotopic (exact) mass is 459 g/mol. The van der Waals surface area contributed by atoms with Crippen molar-refractivity contribution in [3.05, 3.63) is 35.7 Å². The summed E-state index contributed by atoms with van der Waals surface area (Å²) in [5, 5.41) is 22.6. The van der Waals surface area contributed by atoms with E-state index in [0.29, 0.717) is 35.2 Å². The first-order chi connectivity index (χ1) is 16.5. The van der Waals surface area contributed by atoms with Crippen molar-refractivity contribution in [2.45, 2.75) is 64.7 Å². The molecule has 4 aromatic rings. The van der Waals surface area contributed by atoms with E-state index in [-0.39, 0.29) is 0 Å². The average Bonchev–Trinajstić information content (AvgIpc) is 3.60. The minimum atomic E-state index is -0.477. The first-order valence-electron chi connectivity index (χ1n) is 12.0. The lowest BCUT2D eigenvalue weighted by atomic mass is 9.92. The van der Waals surface area contributed by atoms with Crippen molar-refractivity contribution in [2.24, 2.45) is 11.7 Å². The van der Waals surface area contributed by atoms with E-state index in [1.165, 1.54) is 12.8 Å². The fourth-order valence-electron chi connectivity index (χ4n) is 5.71. The third kappa shape index (κ3) is 3.58. The predicted molar refractivity (Wildman–Crippen MR) is 128 cm³/mol. The smallest absolute Gasteiger partial charge is 0.248 e. The Morgan fingerprint density at radius 3 is 2.62 bits per heavy atom. The van der Waals surface area contributed by atoms with Gasteiger partial charge in [-0.25, -0.2) is 0 Å². The zero-order valence-electron chi connectivity index (χ0n) is 19.5. The van der Waals surface area contributed by atoms with Gasteiger partial charge in [0.1, 0.15) is 5.69 Å². The Bertz CT molecular complexity index is 1370. The predicted octanol–water partition coefficient (Wildman–Crippen LogP) is 2.64. The first-order valence-corrected chi connectivity index (χ1v) is 12.0. The highest BCUT2D eigenvalue weighted by atomic mass is 16.1.